The number of anilines is 1. The lowest BCUT2D eigenvalue weighted by atomic mass is 10.1. The number of nitrogens with one attached hydrogen (secondary N) is 2. The molecule has 1 rings (SSSR count). The molecule has 0 heterocycles. The lowest BCUT2D eigenvalue weighted by molar-refractivity contribution is 0.252. The molecule has 3 nitrogen and oxygen atoms in total. The van der Waals surface area contributed by atoms with Crippen LogP contribution in [0.1, 0.15) is 108 Å². The molecule has 2 amide bonds. The minimum Gasteiger partial charge on any atom is -0.338 e. The van der Waals surface area contributed by atoms with Crippen LogP contribution in [-0.4, -0.2) is 12.6 Å². The summed E-state index contributed by atoms with van der Waals surface area (Å²) >= 11 is 0. The van der Waals surface area contributed by atoms with Gasteiger partial charge in [-0.25, -0.2) is 4.79 Å². The van der Waals surface area contributed by atoms with E-state index >= 15 is 0 Å². The van der Waals surface area contributed by atoms with E-state index in [1.807, 2.05) is 32.0 Å². The third-order valence-electron chi connectivity index (χ3n) is 5.69. The highest BCUT2D eigenvalue weighted by Crippen LogP contribution is 2.19. The molecule has 0 unspecified atom stereocenters. The fourth-order valence-electron chi connectivity index (χ4n) is 3.74. The minimum atomic E-state index is -0.0971. The molecule has 0 radical (unpaired) electrons. The van der Waals surface area contributed by atoms with Crippen LogP contribution in [0.15, 0.2) is 30.4 Å². The molecule has 0 aliphatic carbocycles. The Balaban J connectivity index is 1.88. The topological polar surface area (TPSA) is 41.1 Å². The van der Waals surface area contributed by atoms with Crippen LogP contribution in [0.4, 0.5) is 10.5 Å². The van der Waals surface area contributed by atoms with Gasteiger partial charge in [0.2, 0.25) is 0 Å². The highest BCUT2D eigenvalue weighted by Gasteiger charge is 2.06. The van der Waals surface area contributed by atoms with Crippen molar-refractivity contribution >= 4 is 11.7 Å². The molecular weight excluding hydrogens is 368 g/mol. The van der Waals surface area contributed by atoms with Gasteiger partial charge in [-0.3, -0.25) is 0 Å². The Morgan fingerprint density at radius 1 is 0.767 bits per heavy atom. The Bertz CT molecular complexity index is 574. The van der Waals surface area contributed by atoms with Crippen LogP contribution in [0.5, 0.6) is 0 Å². The molecule has 170 valence electrons. The maximum Gasteiger partial charge on any atom is 0.319 e. The first kappa shape index (κ1) is 26.3. The van der Waals surface area contributed by atoms with Gasteiger partial charge in [-0.1, -0.05) is 95.1 Å². The first-order valence-corrected chi connectivity index (χ1v) is 12.4. The number of urea groups is 1. The van der Waals surface area contributed by atoms with Crippen LogP contribution in [0.2, 0.25) is 0 Å². The molecule has 0 saturated heterocycles. The third kappa shape index (κ3) is 13.5. The first-order valence-electron chi connectivity index (χ1n) is 12.4. The van der Waals surface area contributed by atoms with Crippen LogP contribution >= 0.6 is 0 Å². The number of allylic oxidation sites excluding steroid dienone is 2. The standard InChI is InChI=1S/C27H46N2O/c1-4-5-6-7-8-9-10-11-12-13-14-15-16-17-18-19-23-28-27(30)29-26-24(2)21-20-22-25(26)3/h11-12,20-22H,4-10,13-19,23H2,1-3H3,(H2,28,29,30)/b12-11-. The van der Waals surface area contributed by atoms with Crippen molar-refractivity contribution in [2.45, 2.75) is 111 Å². The van der Waals surface area contributed by atoms with Crippen LogP contribution in [-0.2, 0) is 0 Å². The Morgan fingerprint density at radius 2 is 1.27 bits per heavy atom. The van der Waals surface area contributed by atoms with Crippen molar-refractivity contribution in [3.05, 3.63) is 41.5 Å². The van der Waals surface area contributed by atoms with E-state index in [1.54, 1.807) is 0 Å². The van der Waals surface area contributed by atoms with Gasteiger partial charge in [0.25, 0.3) is 0 Å². The predicted molar refractivity (Wildman–Crippen MR) is 132 cm³/mol. The van der Waals surface area contributed by atoms with Crippen molar-refractivity contribution in [3.8, 4) is 0 Å². The van der Waals surface area contributed by atoms with E-state index in [4.69, 9.17) is 0 Å². The van der Waals surface area contributed by atoms with Crippen LogP contribution < -0.4 is 10.6 Å². The van der Waals surface area contributed by atoms with Gasteiger partial charge in [-0.05, 0) is 57.1 Å². The highest BCUT2D eigenvalue weighted by atomic mass is 16.2. The van der Waals surface area contributed by atoms with E-state index in [0.717, 1.165) is 29.8 Å². The quantitative estimate of drug-likeness (QED) is 0.195. The third-order valence-corrected chi connectivity index (χ3v) is 5.69. The maximum absolute atomic E-state index is 12.0. The van der Waals surface area contributed by atoms with E-state index in [0.29, 0.717) is 0 Å². The Kier molecular flexibility index (Phi) is 15.8. The molecule has 0 atom stereocenters. The predicted octanol–water partition coefficient (Wildman–Crippen LogP) is 8.46. The summed E-state index contributed by atoms with van der Waals surface area (Å²) in [6.07, 6.45) is 23.0. The van der Waals surface area contributed by atoms with Gasteiger partial charge in [0.1, 0.15) is 0 Å². The Morgan fingerprint density at radius 3 is 1.83 bits per heavy atom. The molecule has 0 fully saturated rings. The summed E-state index contributed by atoms with van der Waals surface area (Å²) in [5.74, 6) is 0. The normalized spacial score (nSPS) is 11.2. The van der Waals surface area contributed by atoms with Crippen molar-refractivity contribution in [2.24, 2.45) is 0 Å². The summed E-state index contributed by atoms with van der Waals surface area (Å²) in [5.41, 5.74) is 3.13. The average molecular weight is 415 g/mol. The van der Waals surface area contributed by atoms with Gasteiger partial charge in [0.15, 0.2) is 0 Å². The second-order valence-electron chi connectivity index (χ2n) is 8.59. The fourth-order valence-corrected chi connectivity index (χ4v) is 3.74. The van der Waals surface area contributed by atoms with E-state index in [1.165, 1.54) is 83.5 Å². The molecule has 2 N–H and O–H groups in total. The summed E-state index contributed by atoms with van der Waals surface area (Å²) in [6, 6.07) is 5.96. The van der Waals surface area contributed by atoms with Crippen molar-refractivity contribution < 1.29 is 4.79 Å². The summed E-state index contributed by atoms with van der Waals surface area (Å²) < 4.78 is 0. The zero-order valence-corrected chi connectivity index (χ0v) is 19.9. The summed E-state index contributed by atoms with van der Waals surface area (Å²) in [4.78, 5) is 12.0. The molecule has 0 aromatic heterocycles. The van der Waals surface area contributed by atoms with E-state index < -0.39 is 0 Å². The van der Waals surface area contributed by atoms with Crippen LogP contribution in [0.25, 0.3) is 0 Å². The molecule has 1 aromatic carbocycles. The van der Waals surface area contributed by atoms with Gasteiger partial charge in [-0.2, -0.15) is 0 Å². The van der Waals surface area contributed by atoms with Crippen molar-refractivity contribution in [1.82, 2.24) is 5.32 Å². The molecule has 30 heavy (non-hydrogen) atoms. The van der Waals surface area contributed by atoms with Crippen molar-refractivity contribution in [2.75, 3.05) is 11.9 Å². The number of carbonyl (C=O) groups is 1. The van der Waals surface area contributed by atoms with E-state index in [2.05, 4.69) is 29.7 Å². The number of rotatable bonds is 17. The minimum absolute atomic E-state index is 0.0971. The highest BCUT2D eigenvalue weighted by molar-refractivity contribution is 5.90. The van der Waals surface area contributed by atoms with Crippen molar-refractivity contribution in [1.29, 1.82) is 0 Å². The maximum atomic E-state index is 12.0. The van der Waals surface area contributed by atoms with Gasteiger partial charge >= 0.3 is 6.03 Å². The largest absolute Gasteiger partial charge is 0.338 e. The molecule has 0 aliphatic rings. The van der Waals surface area contributed by atoms with Gasteiger partial charge in [-0.15, -0.1) is 0 Å². The second kappa shape index (κ2) is 18.0. The molecule has 0 spiro atoms. The number of amides is 2. The zero-order chi connectivity index (χ0) is 21.9. The lowest BCUT2D eigenvalue weighted by Gasteiger charge is -2.12. The SMILES string of the molecule is CCCCCCCC/C=C\CCCCCCCCNC(=O)Nc1c(C)cccc1C. The first-order chi connectivity index (χ1) is 14.6. The van der Waals surface area contributed by atoms with Crippen LogP contribution in [0.3, 0.4) is 0 Å². The average Bonchev–Trinajstić information content (AvgIpc) is 2.73. The van der Waals surface area contributed by atoms with Gasteiger partial charge in [0.05, 0.1) is 0 Å². The molecular formula is C27H46N2O. The zero-order valence-electron chi connectivity index (χ0n) is 19.9. The lowest BCUT2D eigenvalue weighted by Crippen LogP contribution is -2.30. The number of benzene rings is 1. The van der Waals surface area contributed by atoms with Gasteiger partial charge in [0, 0.05) is 12.2 Å². The van der Waals surface area contributed by atoms with Crippen LogP contribution in [0, 0.1) is 13.8 Å². The Labute approximate surface area is 186 Å². The molecule has 1 aromatic rings. The van der Waals surface area contributed by atoms with E-state index in [-0.39, 0.29) is 6.03 Å². The number of carbonyl (C=O) groups excluding carboxylic acids is 1. The number of para-hydroxylation sites is 1. The molecule has 3 heteroatoms. The van der Waals surface area contributed by atoms with Crippen molar-refractivity contribution in [3.63, 3.8) is 0 Å². The summed E-state index contributed by atoms with van der Waals surface area (Å²) in [5, 5.41) is 5.95. The molecule has 0 saturated carbocycles. The number of unbranched alkanes of at least 4 members (excludes halogenated alkanes) is 12. The van der Waals surface area contributed by atoms with Gasteiger partial charge < -0.3 is 10.6 Å². The molecule has 0 bridgehead atoms. The number of aryl methyl sites for hydroxylation is 2. The fraction of sp³-hybridized carbons (Fsp3) is 0.667. The smallest absolute Gasteiger partial charge is 0.319 e. The number of hydrogen-bond acceptors (Lipinski definition) is 1. The molecule has 0 aliphatic heterocycles. The summed E-state index contributed by atoms with van der Waals surface area (Å²) in [6.45, 7) is 7.06. The monoisotopic (exact) mass is 414 g/mol. The summed E-state index contributed by atoms with van der Waals surface area (Å²) in [7, 11) is 0. The Hall–Kier alpha value is -1.77. The second-order valence-corrected chi connectivity index (χ2v) is 8.59. The number of hydrogen-bond donors (Lipinski definition) is 2. The van der Waals surface area contributed by atoms with E-state index in [9.17, 15) is 4.79 Å².